The van der Waals surface area contributed by atoms with Crippen LogP contribution >= 0.6 is 35.4 Å². The molecule has 2 aromatic carbocycles. The molecule has 2 rings (SSSR count). The quantitative estimate of drug-likeness (QED) is 0.741. The molecule has 24 heavy (non-hydrogen) atoms. The molecular weight excluding hydrogens is 381 g/mol. The summed E-state index contributed by atoms with van der Waals surface area (Å²) < 4.78 is 29.1. The summed E-state index contributed by atoms with van der Waals surface area (Å²) in [5.41, 5.74) is 0.433. The fourth-order valence-electron chi connectivity index (χ4n) is 1.73. The highest BCUT2D eigenvalue weighted by Crippen LogP contribution is 2.25. The van der Waals surface area contributed by atoms with Gasteiger partial charge in [-0.1, -0.05) is 35.3 Å². The number of rotatable bonds is 4. The minimum atomic E-state index is -2.98. The number of thiocarbonyl (C=S) groups is 1. The lowest BCUT2D eigenvalue weighted by Gasteiger charge is -2.13. The zero-order chi connectivity index (χ0) is 17.7. The number of amides is 1. The minimum absolute atomic E-state index is 0.0867. The van der Waals surface area contributed by atoms with E-state index in [0.29, 0.717) is 5.02 Å². The fourth-order valence-corrected chi connectivity index (χ4v) is 2.24. The normalized spacial score (nSPS) is 10.4. The third-order valence-electron chi connectivity index (χ3n) is 2.76. The van der Waals surface area contributed by atoms with Gasteiger partial charge in [0.2, 0.25) is 0 Å². The second-order valence-corrected chi connectivity index (χ2v) is 5.63. The maximum atomic E-state index is 12.4. The average molecular weight is 391 g/mol. The van der Waals surface area contributed by atoms with E-state index in [9.17, 15) is 13.6 Å². The Balaban J connectivity index is 2.05. The van der Waals surface area contributed by atoms with Gasteiger partial charge in [0.25, 0.3) is 5.91 Å². The van der Waals surface area contributed by atoms with Crippen LogP contribution in [0, 0.1) is 0 Å². The van der Waals surface area contributed by atoms with Crippen LogP contribution in [-0.2, 0) is 0 Å². The van der Waals surface area contributed by atoms with E-state index in [0.717, 1.165) is 0 Å². The van der Waals surface area contributed by atoms with Crippen LogP contribution in [0.15, 0.2) is 42.5 Å². The molecule has 0 spiro atoms. The van der Waals surface area contributed by atoms with Gasteiger partial charge >= 0.3 is 6.61 Å². The molecule has 126 valence electrons. The molecule has 0 fully saturated rings. The van der Waals surface area contributed by atoms with Crippen molar-refractivity contribution in [3.05, 3.63) is 58.1 Å². The summed E-state index contributed by atoms with van der Waals surface area (Å²) in [4.78, 5) is 12.1. The Morgan fingerprint density at radius 3 is 2.50 bits per heavy atom. The zero-order valence-electron chi connectivity index (χ0n) is 11.9. The van der Waals surface area contributed by atoms with Crippen molar-refractivity contribution in [3.8, 4) is 5.75 Å². The Morgan fingerprint density at radius 1 is 1.12 bits per heavy atom. The maximum Gasteiger partial charge on any atom is 0.387 e. The minimum Gasteiger partial charge on any atom is -0.433 e. The maximum absolute atomic E-state index is 12.4. The van der Waals surface area contributed by atoms with Crippen LogP contribution in [0.5, 0.6) is 5.75 Å². The number of carbonyl (C=O) groups is 1. The van der Waals surface area contributed by atoms with Crippen molar-refractivity contribution in [2.45, 2.75) is 6.61 Å². The second-order valence-electron chi connectivity index (χ2n) is 4.41. The second kappa shape index (κ2) is 8.23. The molecule has 0 unspecified atom stereocenters. The Labute approximate surface area is 151 Å². The number of nitrogens with one attached hydrogen (secondary N) is 2. The molecule has 0 atom stereocenters. The van der Waals surface area contributed by atoms with Crippen molar-refractivity contribution in [3.63, 3.8) is 0 Å². The summed E-state index contributed by atoms with van der Waals surface area (Å²) in [6.45, 7) is -2.98. The van der Waals surface area contributed by atoms with Crippen molar-refractivity contribution in [2.24, 2.45) is 0 Å². The third kappa shape index (κ3) is 5.02. The first-order chi connectivity index (χ1) is 11.4. The molecule has 0 aliphatic rings. The summed E-state index contributed by atoms with van der Waals surface area (Å²) in [5.74, 6) is -0.628. The predicted octanol–water partition coefficient (Wildman–Crippen LogP) is 4.72. The standard InChI is InChI=1S/C15H10Cl2F2N2O2S/c16-9-6-5-8(7-10(9)17)13(22)21-15(24)20-11-3-1-2-4-12(11)23-14(18)19/h1-7,14H,(H2,20,21,22,24). The first-order valence-electron chi connectivity index (χ1n) is 6.48. The topological polar surface area (TPSA) is 50.4 Å². The number of carbonyl (C=O) groups excluding carboxylic acids is 1. The van der Waals surface area contributed by atoms with Gasteiger partial charge in [-0.15, -0.1) is 0 Å². The van der Waals surface area contributed by atoms with E-state index in [1.165, 1.54) is 36.4 Å². The monoisotopic (exact) mass is 390 g/mol. The molecule has 0 aromatic heterocycles. The number of alkyl halides is 2. The number of ether oxygens (including phenoxy) is 1. The van der Waals surface area contributed by atoms with Crippen LogP contribution in [0.25, 0.3) is 0 Å². The smallest absolute Gasteiger partial charge is 0.387 e. The molecule has 2 N–H and O–H groups in total. The Hall–Kier alpha value is -1.96. The Kier molecular flexibility index (Phi) is 6.30. The first kappa shape index (κ1) is 18.4. The molecule has 9 heteroatoms. The molecule has 0 aliphatic heterocycles. The molecule has 0 saturated heterocycles. The number of hydrogen-bond donors (Lipinski definition) is 2. The van der Waals surface area contributed by atoms with Crippen LogP contribution in [0.1, 0.15) is 10.4 Å². The van der Waals surface area contributed by atoms with E-state index in [1.807, 2.05) is 0 Å². The number of halogens is 4. The van der Waals surface area contributed by atoms with E-state index in [-0.39, 0.29) is 27.1 Å². The van der Waals surface area contributed by atoms with Crippen molar-refractivity contribution < 1.29 is 18.3 Å². The first-order valence-corrected chi connectivity index (χ1v) is 7.64. The Bertz CT molecular complexity index is 775. The molecule has 0 radical (unpaired) electrons. The largest absolute Gasteiger partial charge is 0.433 e. The SMILES string of the molecule is O=C(NC(=S)Nc1ccccc1OC(F)F)c1ccc(Cl)c(Cl)c1. The Morgan fingerprint density at radius 2 is 1.83 bits per heavy atom. The summed E-state index contributed by atoms with van der Waals surface area (Å²) in [6.07, 6.45) is 0. The number of anilines is 1. The average Bonchev–Trinajstić information content (AvgIpc) is 2.51. The van der Waals surface area contributed by atoms with E-state index in [2.05, 4.69) is 15.4 Å². The zero-order valence-corrected chi connectivity index (χ0v) is 14.2. The highest BCUT2D eigenvalue weighted by molar-refractivity contribution is 7.80. The molecule has 0 aliphatic carbocycles. The molecule has 0 heterocycles. The molecule has 4 nitrogen and oxygen atoms in total. The van der Waals surface area contributed by atoms with Gasteiger partial charge in [0.1, 0.15) is 5.75 Å². The van der Waals surface area contributed by atoms with Crippen LogP contribution in [0.3, 0.4) is 0 Å². The van der Waals surface area contributed by atoms with Gasteiger partial charge in [0.05, 0.1) is 15.7 Å². The van der Waals surface area contributed by atoms with Gasteiger partial charge in [0.15, 0.2) is 5.11 Å². The van der Waals surface area contributed by atoms with Crippen molar-refractivity contribution in [1.82, 2.24) is 5.32 Å². The van der Waals surface area contributed by atoms with Crippen LogP contribution in [-0.4, -0.2) is 17.6 Å². The van der Waals surface area contributed by atoms with E-state index >= 15 is 0 Å². The summed E-state index contributed by atoms with van der Waals surface area (Å²) in [7, 11) is 0. The van der Waals surface area contributed by atoms with E-state index in [1.54, 1.807) is 6.07 Å². The van der Waals surface area contributed by atoms with Crippen molar-refractivity contribution >= 4 is 52.1 Å². The van der Waals surface area contributed by atoms with Gasteiger partial charge < -0.3 is 10.1 Å². The van der Waals surface area contributed by atoms with Crippen LogP contribution in [0.4, 0.5) is 14.5 Å². The summed E-state index contributed by atoms with van der Waals surface area (Å²) >= 11 is 16.6. The fraction of sp³-hybridized carbons (Fsp3) is 0.0667. The number of para-hydroxylation sites is 2. The molecule has 1 amide bonds. The van der Waals surface area contributed by atoms with E-state index < -0.39 is 12.5 Å². The van der Waals surface area contributed by atoms with Gasteiger partial charge in [-0.25, -0.2) is 0 Å². The van der Waals surface area contributed by atoms with Gasteiger partial charge in [-0.2, -0.15) is 8.78 Å². The van der Waals surface area contributed by atoms with Crippen molar-refractivity contribution in [2.75, 3.05) is 5.32 Å². The highest BCUT2D eigenvalue weighted by atomic mass is 35.5. The third-order valence-corrected chi connectivity index (χ3v) is 3.70. The van der Waals surface area contributed by atoms with Crippen LogP contribution < -0.4 is 15.4 Å². The molecule has 2 aromatic rings. The number of benzene rings is 2. The highest BCUT2D eigenvalue weighted by Gasteiger charge is 2.13. The number of hydrogen-bond acceptors (Lipinski definition) is 3. The lowest BCUT2D eigenvalue weighted by Crippen LogP contribution is -2.34. The molecule has 0 saturated carbocycles. The molecule has 0 bridgehead atoms. The molecular formula is C15H10Cl2F2N2O2S. The summed E-state index contributed by atoms with van der Waals surface area (Å²) in [6, 6.07) is 10.3. The van der Waals surface area contributed by atoms with Gasteiger partial charge in [0, 0.05) is 5.56 Å². The van der Waals surface area contributed by atoms with Gasteiger partial charge in [-0.3, -0.25) is 10.1 Å². The summed E-state index contributed by atoms with van der Waals surface area (Å²) in [5, 5.41) is 5.48. The van der Waals surface area contributed by atoms with E-state index in [4.69, 9.17) is 35.4 Å². The van der Waals surface area contributed by atoms with Crippen molar-refractivity contribution in [1.29, 1.82) is 0 Å². The van der Waals surface area contributed by atoms with Crippen LogP contribution in [0.2, 0.25) is 10.0 Å². The predicted molar refractivity (Wildman–Crippen MR) is 93.2 cm³/mol. The lowest BCUT2D eigenvalue weighted by atomic mass is 10.2. The van der Waals surface area contributed by atoms with Gasteiger partial charge in [-0.05, 0) is 42.5 Å². The lowest BCUT2D eigenvalue weighted by molar-refractivity contribution is -0.0493.